The molecule has 0 aromatic carbocycles. The highest BCUT2D eigenvalue weighted by atomic mass is 32.2. The third-order valence-electron chi connectivity index (χ3n) is 4.03. The van der Waals surface area contributed by atoms with Crippen LogP contribution in [-0.4, -0.2) is 30.1 Å². The van der Waals surface area contributed by atoms with Crippen LogP contribution >= 0.6 is 0 Å². The summed E-state index contributed by atoms with van der Waals surface area (Å²) in [5, 5.41) is 9.16. The summed E-state index contributed by atoms with van der Waals surface area (Å²) in [5.74, 6) is -0.796. The molecule has 1 aromatic rings. The van der Waals surface area contributed by atoms with Gasteiger partial charge in [-0.1, -0.05) is 20.3 Å². The first-order valence-electron chi connectivity index (χ1n) is 7.31. The van der Waals surface area contributed by atoms with Crippen LogP contribution in [0.5, 0.6) is 0 Å². The van der Waals surface area contributed by atoms with Crippen LogP contribution in [0.25, 0.3) is 0 Å². The van der Waals surface area contributed by atoms with Crippen molar-refractivity contribution in [3.05, 3.63) is 18.0 Å². The summed E-state index contributed by atoms with van der Waals surface area (Å²) in [6.45, 7) is 4.43. The molecule has 0 saturated heterocycles. The second kappa shape index (κ2) is 6.19. The number of carboxylic acids is 1. The molecule has 1 fully saturated rings. The maximum Gasteiger partial charge on any atom is 0.352 e. The number of rotatable bonds is 6. The molecule has 1 heterocycles. The topological polar surface area (TPSA) is 88.4 Å². The van der Waals surface area contributed by atoms with Gasteiger partial charge in [-0.15, -0.1) is 0 Å². The molecule has 1 aliphatic carbocycles. The first kappa shape index (κ1) is 16.0. The van der Waals surface area contributed by atoms with Crippen molar-refractivity contribution in [3.8, 4) is 0 Å². The van der Waals surface area contributed by atoms with Gasteiger partial charge in [0.25, 0.3) is 0 Å². The van der Waals surface area contributed by atoms with Crippen molar-refractivity contribution in [2.45, 2.75) is 57.0 Å². The van der Waals surface area contributed by atoms with E-state index in [0.29, 0.717) is 12.5 Å². The quantitative estimate of drug-likeness (QED) is 0.841. The molecular weight excluding hydrogens is 292 g/mol. The Labute approximate surface area is 125 Å². The van der Waals surface area contributed by atoms with Gasteiger partial charge in [0.05, 0.1) is 0 Å². The lowest BCUT2D eigenvalue weighted by Gasteiger charge is -2.16. The molecule has 1 aromatic heterocycles. The van der Waals surface area contributed by atoms with Crippen molar-refractivity contribution >= 4 is 16.0 Å². The Bertz CT molecular complexity index is 621. The van der Waals surface area contributed by atoms with Gasteiger partial charge in [-0.2, -0.15) is 0 Å². The van der Waals surface area contributed by atoms with Crippen LogP contribution in [0.3, 0.4) is 0 Å². The molecule has 2 rings (SSSR count). The molecule has 2 atom stereocenters. The third kappa shape index (κ3) is 3.47. The summed E-state index contributed by atoms with van der Waals surface area (Å²) < 4.78 is 29.0. The lowest BCUT2D eigenvalue weighted by molar-refractivity contribution is 0.0685. The Kier molecular flexibility index (Phi) is 4.73. The molecule has 1 aliphatic rings. The molecule has 1 saturated carbocycles. The predicted molar refractivity (Wildman–Crippen MR) is 78.8 cm³/mol. The van der Waals surface area contributed by atoms with Gasteiger partial charge in [-0.05, 0) is 31.2 Å². The van der Waals surface area contributed by atoms with Gasteiger partial charge in [-0.3, -0.25) is 0 Å². The molecule has 0 amide bonds. The van der Waals surface area contributed by atoms with Crippen LogP contribution < -0.4 is 4.72 Å². The van der Waals surface area contributed by atoms with E-state index in [-0.39, 0.29) is 16.6 Å². The fourth-order valence-corrected chi connectivity index (χ4v) is 4.24. The van der Waals surface area contributed by atoms with Gasteiger partial charge < -0.3 is 9.67 Å². The highest BCUT2D eigenvalue weighted by molar-refractivity contribution is 7.89. The van der Waals surface area contributed by atoms with E-state index in [0.717, 1.165) is 25.7 Å². The van der Waals surface area contributed by atoms with E-state index in [1.54, 1.807) is 0 Å². The highest BCUT2D eigenvalue weighted by Gasteiger charge is 2.29. The summed E-state index contributed by atoms with van der Waals surface area (Å²) in [4.78, 5) is 11.2. The standard InChI is InChI=1S/C14H22N2O4S/c1-3-7-16-9-11(8-13(16)14(17)18)21(19,20)15-12-6-4-5-10(12)2/h8-10,12,15H,3-7H2,1-2H3,(H,17,18). The van der Waals surface area contributed by atoms with Gasteiger partial charge in [-0.25, -0.2) is 17.9 Å². The summed E-state index contributed by atoms with van der Waals surface area (Å²) in [5.41, 5.74) is 0.0108. The minimum atomic E-state index is -3.66. The Morgan fingerprint density at radius 3 is 2.71 bits per heavy atom. The van der Waals surface area contributed by atoms with E-state index in [9.17, 15) is 13.2 Å². The normalized spacial score (nSPS) is 22.6. The molecule has 6 nitrogen and oxygen atoms in total. The minimum absolute atomic E-state index is 0.0108. The van der Waals surface area contributed by atoms with E-state index in [1.165, 1.54) is 16.8 Å². The lowest BCUT2D eigenvalue weighted by Crippen LogP contribution is -2.36. The largest absolute Gasteiger partial charge is 0.477 e. The van der Waals surface area contributed by atoms with Gasteiger partial charge >= 0.3 is 5.97 Å². The second-order valence-corrected chi connectivity index (χ2v) is 7.41. The summed E-state index contributed by atoms with van der Waals surface area (Å²) in [6.07, 6.45) is 5.02. The van der Waals surface area contributed by atoms with Gasteiger partial charge in [0, 0.05) is 18.8 Å². The van der Waals surface area contributed by atoms with Crippen molar-refractivity contribution < 1.29 is 18.3 Å². The number of hydrogen-bond donors (Lipinski definition) is 2. The van der Waals surface area contributed by atoms with Gasteiger partial charge in [0.2, 0.25) is 10.0 Å². The summed E-state index contributed by atoms with van der Waals surface area (Å²) in [6, 6.07) is 1.18. The zero-order chi connectivity index (χ0) is 15.6. The molecule has 21 heavy (non-hydrogen) atoms. The number of nitrogens with zero attached hydrogens (tertiary/aromatic N) is 1. The number of aromatic carboxylic acids is 1. The minimum Gasteiger partial charge on any atom is -0.477 e. The Balaban J connectivity index is 2.27. The molecule has 2 N–H and O–H groups in total. The Morgan fingerprint density at radius 2 is 2.19 bits per heavy atom. The van der Waals surface area contributed by atoms with Crippen LogP contribution in [0.15, 0.2) is 17.2 Å². The van der Waals surface area contributed by atoms with Crippen molar-refractivity contribution in [1.82, 2.24) is 9.29 Å². The summed E-state index contributed by atoms with van der Waals surface area (Å²) >= 11 is 0. The maximum atomic E-state index is 12.4. The number of sulfonamides is 1. The Morgan fingerprint density at radius 1 is 1.48 bits per heavy atom. The lowest BCUT2D eigenvalue weighted by atomic mass is 10.1. The maximum absolute atomic E-state index is 12.4. The van der Waals surface area contributed by atoms with E-state index < -0.39 is 16.0 Å². The fourth-order valence-electron chi connectivity index (χ4n) is 2.82. The zero-order valence-corrected chi connectivity index (χ0v) is 13.2. The fraction of sp³-hybridized carbons (Fsp3) is 0.643. The van der Waals surface area contributed by atoms with Crippen LogP contribution in [0, 0.1) is 5.92 Å². The number of carbonyl (C=O) groups is 1. The number of hydrogen-bond acceptors (Lipinski definition) is 3. The SMILES string of the molecule is CCCn1cc(S(=O)(=O)NC2CCCC2C)cc1C(=O)O. The average Bonchev–Trinajstić information content (AvgIpc) is 2.97. The van der Waals surface area contributed by atoms with E-state index in [4.69, 9.17) is 5.11 Å². The molecule has 118 valence electrons. The van der Waals surface area contributed by atoms with Crippen molar-refractivity contribution in [2.24, 2.45) is 5.92 Å². The van der Waals surface area contributed by atoms with E-state index >= 15 is 0 Å². The van der Waals surface area contributed by atoms with Crippen LogP contribution in [0.1, 0.15) is 50.0 Å². The molecule has 7 heteroatoms. The number of aryl methyl sites for hydroxylation is 1. The monoisotopic (exact) mass is 314 g/mol. The first-order chi connectivity index (χ1) is 9.85. The van der Waals surface area contributed by atoms with Crippen LogP contribution in [0.2, 0.25) is 0 Å². The molecule has 0 bridgehead atoms. The molecular formula is C14H22N2O4S. The molecule has 0 radical (unpaired) electrons. The van der Waals surface area contributed by atoms with E-state index in [2.05, 4.69) is 4.72 Å². The second-order valence-electron chi connectivity index (χ2n) is 5.70. The predicted octanol–water partition coefficient (Wildman–Crippen LogP) is 2.06. The van der Waals surface area contributed by atoms with Crippen molar-refractivity contribution in [3.63, 3.8) is 0 Å². The molecule has 0 aliphatic heterocycles. The average molecular weight is 314 g/mol. The number of nitrogens with one attached hydrogen (secondary N) is 1. The van der Waals surface area contributed by atoms with Crippen molar-refractivity contribution in [2.75, 3.05) is 0 Å². The molecule has 2 unspecified atom stereocenters. The van der Waals surface area contributed by atoms with Crippen LogP contribution in [0.4, 0.5) is 0 Å². The zero-order valence-electron chi connectivity index (χ0n) is 12.4. The van der Waals surface area contributed by atoms with E-state index in [1.807, 2.05) is 13.8 Å². The molecule has 0 spiro atoms. The van der Waals surface area contributed by atoms with Gasteiger partial charge in [0.1, 0.15) is 10.6 Å². The van der Waals surface area contributed by atoms with Gasteiger partial charge in [0.15, 0.2) is 0 Å². The highest BCUT2D eigenvalue weighted by Crippen LogP contribution is 2.26. The number of carboxylic acid groups (broad SMARTS) is 1. The third-order valence-corrected chi connectivity index (χ3v) is 5.49. The van der Waals surface area contributed by atoms with Crippen molar-refractivity contribution in [1.29, 1.82) is 0 Å². The first-order valence-corrected chi connectivity index (χ1v) is 8.79. The summed E-state index contributed by atoms with van der Waals surface area (Å²) in [7, 11) is -3.66. The number of aromatic nitrogens is 1. The smallest absolute Gasteiger partial charge is 0.352 e. The van der Waals surface area contributed by atoms with Crippen LogP contribution in [-0.2, 0) is 16.6 Å². The Hall–Kier alpha value is -1.34.